The van der Waals surface area contributed by atoms with Crippen molar-refractivity contribution in [3.63, 3.8) is 0 Å². The Bertz CT molecular complexity index is 158. The van der Waals surface area contributed by atoms with E-state index in [-0.39, 0.29) is 0 Å². The van der Waals surface area contributed by atoms with Gasteiger partial charge >= 0.3 is 0 Å². The van der Waals surface area contributed by atoms with Crippen LogP contribution in [0.4, 0.5) is 0 Å². The molecule has 2 nitrogen and oxygen atoms in total. The van der Waals surface area contributed by atoms with Gasteiger partial charge < -0.3 is 9.33 Å². The van der Waals surface area contributed by atoms with E-state index in [4.69, 9.17) is 4.43 Å². The Hall–Kier alpha value is -0.443. The fraction of sp³-hybridized carbons (Fsp3) is 0.778. The molecular formula is C9H21NOSi. The second kappa shape index (κ2) is 4.55. The lowest BCUT2D eigenvalue weighted by atomic mass is 10.4. The molecule has 0 aromatic rings. The number of hydrogen-bond acceptors (Lipinski definition) is 2. The predicted molar refractivity (Wildman–Crippen MR) is 56.5 cm³/mol. The molecule has 12 heavy (non-hydrogen) atoms. The number of nitrogens with zero attached hydrogens (tertiary/aromatic N) is 1. The van der Waals surface area contributed by atoms with Crippen LogP contribution in [0.2, 0.25) is 19.6 Å². The highest BCUT2D eigenvalue weighted by atomic mass is 28.4. The van der Waals surface area contributed by atoms with Gasteiger partial charge in [0.1, 0.15) is 0 Å². The summed E-state index contributed by atoms with van der Waals surface area (Å²) in [6.45, 7) is 8.71. The Morgan fingerprint density at radius 3 is 2.08 bits per heavy atom. The quantitative estimate of drug-likeness (QED) is 0.495. The van der Waals surface area contributed by atoms with Crippen LogP contribution in [-0.4, -0.2) is 27.3 Å². The molecule has 0 rings (SSSR count). The van der Waals surface area contributed by atoms with Crippen LogP contribution in [0, 0.1) is 0 Å². The smallest absolute Gasteiger partial charge is 0.244 e. The third kappa shape index (κ3) is 5.24. The molecule has 0 aromatic heterocycles. The van der Waals surface area contributed by atoms with Gasteiger partial charge in [0.05, 0.1) is 0 Å². The van der Waals surface area contributed by atoms with E-state index in [1.54, 1.807) is 0 Å². The van der Waals surface area contributed by atoms with Crippen molar-refractivity contribution in [3.8, 4) is 0 Å². The van der Waals surface area contributed by atoms with Crippen molar-refractivity contribution in [2.75, 3.05) is 14.1 Å². The first-order valence-corrected chi connectivity index (χ1v) is 7.84. The minimum Gasteiger partial charge on any atom is -0.533 e. The van der Waals surface area contributed by atoms with Gasteiger partial charge in [-0.2, -0.15) is 0 Å². The Labute approximate surface area is 77.3 Å². The lowest BCUT2D eigenvalue weighted by Gasteiger charge is -2.26. The zero-order valence-corrected chi connectivity index (χ0v) is 10.1. The van der Waals surface area contributed by atoms with Crippen molar-refractivity contribution in [1.82, 2.24) is 4.90 Å². The summed E-state index contributed by atoms with van der Waals surface area (Å²) in [5.74, 6) is 1.01. The van der Waals surface area contributed by atoms with E-state index in [1.165, 1.54) is 0 Å². The van der Waals surface area contributed by atoms with Gasteiger partial charge in [0, 0.05) is 14.1 Å². The molecule has 0 aliphatic rings. The second-order valence-electron chi connectivity index (χ2n) is 4.06. The minimum atomic E-state index is -1.43. The van der Waals surface area contributed by atoms with Gasteiger partial charge in [-0.25, -0.2) is 0 Å². The minimum absolute atomic E-state index is 1.01. The molecule has 72 valence electrons. The van der Waals surface area contributed by atoms with E-state index in [0.29, 0.717) is 0 Å². The highest BCUT2D eigenvalue weighted by Gasteiger charge is 2.18. The van der Waals surface area contributed by atoms with E-state index < -0.39 is 8.32 Å². The number of allylic oxidation sites excluding steroid dienone is 1. The fourth-order valence-corrected chi connectivity index (χ4v) is 1.70. The molecule has 0 N–H and O–H groups in total. The average molecular weight is 187 g/mol. The zero-order valence-electron chi connectivity index (χ0n) is 9.14. The highest BCUT2D eigenvalue weighted by molar-refractivity contribution is 6.70. The summed E-state index contributed by atoms with van der Waals surface area (Å²) in [6, 6.07) is 0. The lowest BCUT2D eigenvalue weighted by Crippen LogP contribution is -2.29. The molecule has 0 bridgehead atoms. The first-order valence-electron chi connectivity index (χ1n) is 4.43. The normalized spacial score (nSPS) is 13.0. The van der Waals surface area contributed by atoms with Crippen LogP contribution in [0.1, 0.15) is 13.3 Å². The standard InChI is InChI=1S/C9H21NOSi/c1-7-8-9(10(2)3)11-12(4,5)6/h8H,7H2,1-6H3. The maximum absolute atomic E-state index is 5.87. The average Bonchev–Trinajstić information content (AvgIpc) is 1.83. The van der Waals surface area contributed by atoms with Crippen molar-refractivity contribution in [1.29, 1.82) is 0 Å². The molecule has 3 heteroatoms. The van der Waals surface area contributed by atoms with Gasteiger partial charge in [-0.3, -0.25) is 0 Å². The van der Waals surface area contributed by atoms with Crippen LogP contribution in [0.5, 0.6) is 0 Å². The molecule has 0 amide bonds. The third-order valence-electron chi connectivity index (χ3n) is 1.23. The van der Waals surface area contributed by atoms with Crippen molar-refractivity contribution in [2.24, 2.45) is 0 Å². The molecule has 0 saturated carbocycles. The third-order valence-corrected chi connectivity index (χ3v) is 2.05. The molecule has 0 radical (unpaired) electrons. The first-order chi connectivity index (χ1) is 5.37. The van der Waals surface area contributed by atoms with Crippen LogP contribution >= 0.6 is 0 Å². The summed E-state index contributed by atoms with van der Waals surface area (Å²) in [7, 11) is 2.60. The van der Waals surface area contributed by atoms with E-state index in [0.717, 1.165) is 12.3 Å². The van der Waals surface area contributed by atoms with E-state index in [9.17, 15) is 0 Å². The molecule has 0 aliphatic carbocycles. The topological polar surface area (TPSA) is 12.5 Å². The van der Waals surface area contributed by atoms with Crippen molar-refractivity contribution < 1.29 is 4.43 Å². The number of hydrogen-bond donors (Lipinski definition) is 0. The molecule has 0 atom stereocenters. The van der Waals surface area contributed by atoms with Gasteiger partial charge in [-0.15, -0.1) is 0 Å². The largest absolute Gasteiger partial charge is 0.533 e. The van der Waals surface area contributed by atoms with Crippen LogP contribution in [0.15, 0.2) is 12.0 Å². The van der Waals surface area contributed by atoms with Gasteiger partial charge in [-0.1, -0.05) is 6.92 Å². The Balaban J connectivity index is 4.25. The van der Waals surface area contributed by atoms with Gasteiger partial charge in [0.2, 0.25) is 8.32 Å². The maximum atomic E-state index is 5.87. The van der Waals surface area contributed by atoms with Crippen LogP contribution in [0.3, 0.4) is 0 Å². The summed E-state index contributed by atoms with van der Waals surface area (Å²) < 4.78 is 5.87. The molecule has 0 aliphatic heterocycles. The molecular weight excluding hydrogens is 166 g/mol. The molecule has 0 saturated heterocycles. The summed E-state index contributed by atoms with van der Waals surface area (Å²) in [5.41, 5.74) is 0. The number of rotatable bonds is 4. The fourth-order valence-electron chi connectivity index (χ4n) is 0.804. The van der Waals surface area contributed by atoms with Gasteiger partial charge in [0.15, 0.2) is 5.88 Å². The molecule has 0 spiro atoms. The Morgan fingerprint density at radius 2 is 1.83 bits per heavy atom. The Kier molecular flexibility index (Phi) is 4.38. The summed E-state index contributed by atoms with van der Waals surface area (Å²) >= 11 is 0. The zero-order chi connectivity index (χ0) is 9.78. The molecule has 0 unspecified atom stereocenters. The van der Waals surface area contributed by atoms with Crippen molar-refractivity contribution >= 4 is 8.32 Å². The van der Waals surface area contributed by atoms with E-state index >= 15 is 0 Å². The second-order valence-corrected chi connectivity index (χ2v) is 8.49. The molecule has 0 heterocycles. The molecule has 0 aromatic carbocycles. The predicted octanol–water partition coefficient (Wildman–Crippen LogP) is 2.65. The van der Waals surface area contributed by atoms with Crippen LogP contribution in [-0.2, 0) is 4.43 Å². The molecule has 0 fully saturated rings. The van der Waals surface area contributed by atoms with Crippen LogP contribution < -0.4 is 0 Å². The lowest BCUT2D eigenvalue weighted by molar-refractivity contribution is 0.274. The first kappa shape index (κ1) is 11.6. The van der Waals surface area contributed by atoms with E-state index in [1.807, 2.05) is 19.0 Å². The van der Waals surface area contributed by atoms with E-state index in [2.05, 4.69) is 32.6 Å². The summed E-state index contributed by atoms with van der Waals surface area (Å²) in [4.78, 5) is 2.03. The monoisotopic (exact) mass is 187 g/mol. The SMILES string of the molecule is CCC=C(O[Si](C)(C)C)N(C)C. The van der Waals surface area contributed by atoms with Crippen molar-refractivity contribution in [3.05, 3.63) is 12.0 Å². The Morgan fingerprint density at radius 1 is 1.33 bits per heavy atom. The maximum Gasteiger partial charge on any atom is 0.244 e. The van der Waals surface area contributed by atoms with Gasteiger partial charge in [0.25, 0.3) is 0 Å². The highest BCUT2D eigenvalue weighted by Crippen LogP contribution is 2.12. The summed E-state index contributed by atoms with van der Waals surface area (Å²) in [6.07, 6.45) is 3.15. The van der Waals surface area contributed by atoms with Gasteiger partial charge in [-0.05, 0) is 32.1 Å². The van der Waals surface area contributed by atoms with Crippen LogP contribution in [0.25, 0.3) is 0 Å². The summed E-state index contributed by atoms with van der Waals surface area (Å²) in [5, 5.41) is 0. The van der Waals surface area contributed by atoms with Crippen molar-refractivity contribution in [2.45, 2.75) is 33.0 Å².